The first-order valence-corrected chi connectivity index (χ1v) is 6.89. The Morgan fingerprint density at radius 3 is 2.37 bits per heavy atom. The van der Waals surface area contributed by atoms with Gasteiger partial charge in [-0.25, -0.2) is 4.79 Å². The van der Waals surface area contributed by atoms with Gasteiger partial charge in [-0.15, -0.1) is 0 Å². The van der Waals surface area contributed by atoms with E-state index >= 15 is 0 Å². The highest BCUT2D eigenvalue weighted by Crippen LogP contribution is 2.18. The van der Waals surface area contributed by atoms with Crippen LogP contribution in [-0.2, 0) is 4.79 Å². The number of primary amides is 1. The molecule has 1 aliphatic rings. The number of likely N-dealkylation sites (tertiary alicyclic amines) is 1. The van der Waals surface area contributed by atoms with E-state index < -0.39 is 12.1 Å². The van der Waals surface area contributed by atoms with E-state index in [4.69, 9.17) is 10.8 Å². The molecule has 1 heterocycles. The largest absolute Gasteiger partial charge is 0.396 e. The summed E-state index contributed by atoms with van der Waals surface area (Å²) in [5.41, 5.74) is 5.13. The second kappa shape index (κ2) is 7.33. The van der Waals surface area contributed by atoms with Crippen molar-refractivity contribution in [3.63, 3.8) is 0 Å². The third kappa shape index (κ3) is 5.06. The quantitative estimate of drug-likeness (QED) is 0.671. The second-order valence-electron chi connectivity index (χ2n) is 5.64. The highest BCUT2D eigenvalue weighted by molar-refractivity contribution is 5.86. The molecular formula is C13H25N3O3. The molecule has 1 unspecified atom stereocenters. The maximum absolute atomic E-state index is 12.4. The van der Waals surface area contributed by atoms with Crippen LogP contribution < -0.4 is 11.1 Å². The van der Waals surface area contributed by atoms with Gasteiger partial charge in [0.2, 0.25) is 5.91 Å². The van der Waals surface area contributed by atoms with Gasteiger partial charge in [-0.05, 0) is 31.1 Å². The van der Waals surface area contributed by atoms with Crippen molar-refractivity contribution < 1.29 is 14.7 Å². The van der Waals surface area contributed by atoms with Gasteiger partial charge in [0.15, 0.2) is 0 Å². The fourth-order valence-corrected chi connectivity index (χ4v) is 2.42. The smallest absolute Gasteiger partial charge is 0.312 e. The van der Waals surface area contributed by atoms with Crippen LogP contribution in [0.2, 0.25) is 0 Å². The Morgan fingerprint density at radius 2 is 1.95 bits per heavy atom. The fraction of sp³-hybridized carbons (Fsp3) is 0.846. The number of nitrogens with zero attached hydrogens (tertiary/aromatic N) is 1. The van der Waals surface area contributed by atoms with Crippen LogP contribution in [0.25, 0.3) is 0 Å². The number of hydrogen-bond donors (Lipinski definition) is 3. The molecule has 0 aromatic rings. The number of nitrogens with two attached hydrogens (primary N) is 1. The number of urea groups is 1. The molecule has 1 fully saturated rings. The van der Waals surface area contributed by atoms with E-state index in [2.05, 4.69) is 5.32 Å². The Balaban J connectivity index is 2.58. The molecule has 1 rings (SSSR count). The average molecular weight is 271 g/mol. The first-order chi connectivity index (χ1) is 8.93. The number of hydrogen-bond acceptors (Lipinski definition) is 3. The van der Waals surface area contributed by atoms with Crippen molar-refractivity contribution in [2.24, 2.45) is 17.6 Å². The summed E-state index contributed by atoms with van der Waals surface area (Å²) in [7, 11) is 0. The second-order valence-corrected chi connectivity index (χ2v) is 5.64. The molecule has 19 heavy (non-hydrogen) atoms. The van der Waals surface area contributed by atoms with Crippen molar-refractivity contribution >= 4 is 11.9 Å². The van der Waals surface area contributed by atoms with Crippen LogP contribution in [0.15, 0.2) is 0 Å². The molecule has 1 atom stereocenters. The molecule has 0 aliphatic carbocycles. The fourth-order valence-electron chi connectivity index (χ4n) is 2.42. The van der Waals surface area contributed by atoms with Crippen LogP contribution in [0.3, 0.4) is 0 Å². The summed E-state index contributed by atoms with van der Waals surface area (Å²) < 4.78 is 0. The molecule has 110 valence electrons. The maximum atomic E-state index is 12.4. The van der Waals surface area contributed by atoms with Crippen molar-refractivity contribution in [3.05, 3.63) is 0 Å². The Morgan fingerprint density at radius 1 is 1.37 bits per heavy atom. The molecule has 0 spiro atoms. The van der Waals surface area contributed by atoms with Gasteiger partial charge >= 0.3 is 6.03 Å². The molecule has 1 aliphatic heterocycles. The first kappa shape index (κ1) is 15.8. The molecular weight excluding hydrogens is 246 g/mol. The highest BCUT2D eigenvalue weighted by atomic mass is 16.3. The molecule has 0 aromatic heterocycles. The van der Waals surface area contributed by atoms with E-state index in [1.54, 1.807) is 4.90 Å². The summed E-state index contributed by atoms with van der Waals surface area (Å²) >= 11 is 0. The first-order valence-electron chi connectivity index (χ1n) is 6.89. The molecule has 6 heteroatoms. The van der Waals surface area contributed by atoms with E-state index in [1.807, 2.05) is 13.8 Å². The van der Waals surface area contributed by atoms with E-state index in [9.17, 15) is 9.59 Å². The van der Waals surface area contributed by atoms with Crippen LogP contribution in [0.1, 0.15) is 33.1 Å². The summed E-state index contributed by atoms with van der Waals surface area (Å²) in [5.74, 6) is 0.524. The zero-order chi connectivity index (χ0) is 14.4. The summed E-state index contributed by atoms with van der Waals surface area (Å²) in [6.45, 7) is 5.46. The van der Waals surface area contributed by atoms with Gasteiger partial charge in [-0.1, -0.05) is 13.8 Å². The van der Waals surface area contributed by atoms with Crippen molar-refractivity contribution in [2.45, 2.75) is 39.2 Å². The van der Waals surface area contributed by atoms with Gasteiger partial charge in [0, 0.05) is 19.7 Å². The molecule has 4 N–H and O–H groups in total. The SMILES string of the molecule is CC(C)CC(NC(N)=O)C(=O)N1CCC(CO)CC1. The Hall–Kier alpha value is -1.30. The predicted molar refractivity (Wildman–Crippen MR) is 72.4 cm³/mol. The number of rotatable bonds is 5. The number of aliphatic hydroxyl groups excluding tert-OH is 1. The number of aliphatic hydroxyl groups is 1. The van der Waals surface area contributed by atoms with Crippen LogP contribution in [-0.4, -0.2) is 47.7 Å². The van der Waals surface area contributed by atoms with Gasteiger partial charge in [0.25, 0.3) is 0 Å². The lowest BCUT2D eigenvalue weighted by Gasteiger charge is -2.34. The maximum Gasteiger partial charge on any atom is 0.312 e. The summed E-state index contributed by atoms with van der Waals surface area (Å²) in [6.07, 6.45) is 2.21. The Bertz CT molecular complexity index is 312. The van der Waals surface area contributed by atoms with E-state index in [1.165, 1.54) is 0 Å². The van der Waals surface area contributed by atoms with Crippen molar-refractivity contribution in [1.29, 1.82) is 0 Å². The lowest BCUT2D eigenvalue weighted by atomic mass is 9.96. The van der Waals surface area contributed by atoms with Crippen molar-refractivity contribution in [3.8, 4) is 0 Å². The van der Waals surface area contributed by atoms with Gasteiger partial charge in [0.1, 0.15) is 6.04 Å². The standard InChI is InChI=1S/C13H25N3O3/c1-9(2)7-11(15-13(14)19)12(18)16-5-3-10(8-17)4-6-16/h9-11,17H,3-8H2,1-2H3,(H3,14,15,19). The lowest BCUT2D eigenvalue weighted by Crippen LogP contribution is -2.52. The van der Waals surface area contributed by atoms with E-state index in [0.29, 0.717) is 25.4 Å². The average Bonchev–Trinajstić information content (AvgIpc) is 2.36. The normalized spacial score (nSPS) is 18.4. The monoisotopic (exact) mass is 271 g/mol. The molecule has 0 saturated carbocycles. The van der Waals surface area contributed by atoms with Gasteiger partial charge in [-0.3, -0.25) is 4.79 Å². The lowest BCUT2D eigenvalue weighted by molar-refractivity contribution is -0.135. The predicted octanol–water partition coefficient (Wildman–Crippen LogP) is 0.300. The van der Waals surface area contributed by atoms with Crippen LogP contribution >= 0.6 is 0 Å². The minimum absolute atomic E-state index is 0.0658. The molecule has 3 amide bonds. The number of carbonyl (C=O) groups is 2. The summed E-state index contributed by atoms with van der Waals surface area (Å²) in [6, 6.07) is -1.20. The molecule has 0 aromatic carbocycles. The van der Waals surface area contributed by atoms with Crippen molar-refractivity contribution in [1.82, 2.24) is 10.2 Å². The molecule has 1 saturated heterocycles. The third-order valence-electron chi connectivity index (χ3n) is 3.51. The minimum atomic E-state index is -0.663. The van der Waals surface area contributed by atoms with Crippen LogP contribution in [0.5, 0.6) is 0 Å². The summed E-state index contributed by atoms with van der Waals surface area (Å²) in [4.78, 5) is 25.1. The molecule has 0 radical (unpaired) electrons. The number of piperidine rings is 1. The van der Waals surface area contributed by atoms with Gasteiger partial charge in [-0.2, -0.15) is 0 Å². The minimum Gasteiger partial charge on any atom is -0.396 e. The summed E-state index contributed by atoms with van der Waals surface area (Å²) in [5, 5.41) is 11.6. The topological polar surface area (TPSA) is 95.7 Å². The Kier molecular flexibility index (Phi) is 6.08. The molecule has 6 nitrogen and oxygen atoms in total. The zero-order valence-corrected chi connectivity index (χ0v) is 11.8. The highest BCUT2D eigenvalue weighted by Gasteiger charge is 2.29. The van der Waals surface area contributed by atoms with E-state index in [-0.39, 0.29) is 18.4 Å². The Labute approximate surface area is 114 Å². The number of amides is 3. The van der Waals surface area contributed by atoms with Gasteiger partial charge < -0.3 is 21.1 Å². The third-order valence-corrected chi connectivity index (χ3v) is 3.51. The number of nitrogens with one attached hydrogen (secondary N) is 1. The number of carbonyl (C=O) groups excluding carboxylic acids is 2. The van der Waals surface area contributed by atoms with Gasteiger partial charge in [0.05, 0.1) is 0 Å². The molecule has 0 bridgehead atoms. The van der Waals surface area contributed by atoms with Crippen LogP contribution in [0, 0.1) is 11.8 Å². The zero-order valence-electron chi connectivity index (χ0n) is 11.8. The van der Waals surface area contributed by atoms with Crippen LogP contribution in [0.4, 0.5) is 4.79 Å². The van der Waals surface area contributed by atoms with E-state index in [0.717, 1.165) is 12.8 Å². The van der Waals surface area contributed by atoms with Crippen molar-refractivity contribution in [2.75, 3.05) is 19.7 Å².